The third-order valence-corrected chi connectivity index (χ3v) is 4.01. The van der Waals surface area contributed by atoms with E-state index < -0.39 is 0 Å². The van der Waals surface area contributed by atoms with Gasteiger partial charge in [0.1, 0.15) is 6.29 Å². The van der Waals surface area contributed by atoms with Gasteiger partial charge in [-0.05, 0) is 24.7 Å². The number of rotatable bonds is 12. The average molecular weight is 256 g/mol. The Kier molecular flexibility index (Phi) is 11.5. The second-order valence-electron chi connectivity index (χ2n) is 5.38. The first-order valence-corrected chi connectivity index (χ1v) is 7.69. The van der Waals surface area contributed by atoms with Gasteiger partial charge in [-0.25, -0.2) is 0 Å². The maximum atomic E-state index is 11.5. The van der Waals surface area contributed by atoms with Crippen LogP contribution in [0.15, 0.2) is 0 Å². The molecule has 0 aromatic carbocycles. The standard InChI is InChI=1S/C16H32O2/c1-5-8-10-14(7-3)16(12-17)15(13-18-4)11-9-6-2/h12,14-16H,5-11,13H2,1-4H3. The molecule has 0 bridgehead atoms. The van der Waals surface area contributed by atoms with Crippen molar-refractivity contribution in [3.8, 4) is 0 Å². The first kappa shape index (κ1) is 17.6. The number of methoxy groups -OCH3 is 1. The van der Waals surface area contributed by atoms with Crippen molar-refractivity contribution < 1.29 is 9.53 Å². The summed E-state index contributed by atoms with van der Waals surface area (Å²) in [5, 5.41) is 0. The van der Waals surface area contributed by atoms with E-state index in [4.69, 9.17) is 4.74 Å². The number of carbonyl (C=O) groups is 1. The molecule has 0 saturated heterocycles. The minimum Gasteiger partial charge on any atom is -0.384 e. The summed E-state index contributed by atoms with van der Waals surface area (Å²) in [5.74, 6) is 1.14. The van der Waals surface area contributed by atoms with Crippen LogP contribution < -0.4 is 0 Å². The molecule has 0 rings (SSSR count). The van der Waals surface area contributed by atoms with Gasteiger partial charge in [0.2, 0.25) is 0 Å². The fraction of sp³-hybridized carbons (Fsp3) is 0.938. The Hall–Kier alpha value is -0.370. The van der Waals surface area contributed by atoms with Crippen molar-refractivity contribution in [2.75, 3.05) is 13.7 Å². The summed E-state index contributed by atoms with van der Waals surface area (Å²) >= 11 is 0. The van der Waals surface area contributed by atoms with Gasteiger partial charge in [-0.3, -0.25) is 0 Å². The lowest BCUT2D eigenvalue weighted by Gasteiger charge is -2.29. The third kappa shape index (κ3) is 6.53. The monoisotopic (exact) mass is 256 g/mol. The second kappa shape index (κ2) is 11.7. The lowest BCUT2D eigenvalue weighted by molar-refractivity contribution is -0.115. The zero-order chi connectivity index (χ0) is 13.8. The number of unbranched alkanes of at least 4 members (excludes halogenated alkanes) is 2. The van der Waals surface area contributed by atoms with Crippen molar-refractivity contribution in [1.29, 1.82) is 0 Å². The first-order valence-electron chi connectivity index (χ1n) is 7.69. The van der Waals surface area contributed by atoms with Crippen molar-refractivity contribution in [2.45, 2.75) is 65.7 Å². The number of hydrogen-bond donors (Lipinski definition) is 0. The minimum atomic E-state index is 0.188. The molecular weight excluding hydrogens is 224 g/mol. The SMILES string of the molecule is CCCCC(CC)C(C=O)C(CCCC)COC. The summed E-state index contributed by atoms with van der Waals surface area (Å²) < 4.78 is 5.32. The van der Waals surface area contributed by atoms with Crippen LogP contribution in [0.1, 0.15) is 65.7 Å². The highest BCUT2D eigenvalue weighted by Crippen LogP contribution is 2.30. The maximum absolute atomic E-state index is 11.5. The van der Waals surface area contributed by atoms with Crippen LogP contribution in [-0.4, -0.2) is 20.0 Å². The zero-order valence-corrected chi connectivity index (χ0v) is 12.8. The molecule has 0 aromatic rings. The molecule has 0 spiro atoms. The largest absolute Gasteiger partial charge is 0.384 e. The summed E-state index contributed by atoms with van der Waals surface area (Å²) in [6.07, 6.45) is 9.44. The average Bonchev–Trinajstić information content (AvgIpc) is 2.40. The molecular formula is C16H32O2. The van der Waals surface area contributed by atoms with Gasteiger partial charge >= 0.3 is 0 Å². The summed E-state index contributed by atoms with van der Waals surface area (Å²) in [4.78, 5) is 11.5. The summed E-state index contributed by atoms with van der Waals surface area (Å²) in [6, 6.07) is 0. The molecule has 0 heterocycles. The highest BCUT2D eigenvalue weighted by Gasteiger charge is 2.27. The van der Waals surface area contributed by atoms with Crippen LogP contribution >= 0.6 is 0 Å². The molecule has 0 aromatic heterocycles. The molecule has 2 nitrogen and oxygen atoms in total. The van der Waals surface area contributed by atoms with E-state index >= 15 is 0 Å². The Bertz CT molecular complexity index is 192. The molecule has 18 heavy (non-hydrogen) atoms. The fourth-order valence-corrected chi connectivity index (χ4v) is 2.81. The molecule has 3 atom stereocenters. The smallest absolute Gasteiger partial charge is 0.123 e. The number of aldehydes is 1. The van der Waals surface area contributed by atoms with Gasteiger partial charge in [-0.1, -0.05) is 52.9 Å². The fourth-order valence-electron chi connectivity index (χ4n) is 2.81. The van der Waals surface area contributed by atoms with E-state index in [0.29, 0.717) is 11.8 Å². The van der Waals surface area contributed by atoms with Gasteiger partial charge in [0.25, 0.3) is 0 Å². The van der Waals surface area contributed by atoms with E-state index in [1.165, 1.54) is 38.4 Å². The minimum absolute atomic E-state index is 0.188. The number of ether oxygens (including phenoxy) is 1. The number of hydrogen-bond acceptors (Lipinski definition) is 2. The molecule has 0 radical (unpaired) electrons. The molecule has 0 saturated carbocycles. The Morgan fingerprint density at radius 1 is 1.00 bits per heavy atom. The van der Waals surface area contributed by atoms with Crippen molar-refractivity contribution >= 4 is 6.29 Å². The van der Waals surface area contributed by atoms with Crippen LogP contribution in [0, 0.1) is 17.8 Å². The first-order chi connectivity index (χ1) is 8.74. The van der Waals surface area contributed by atoms with Crippen LogP contribution in [0.3, 0.4) is 0 Å². The van der Waals surface area contributed by atoms with Crippen LogP contribution in [0.2, 0.25) is 0 Å². The van der Waals surface area contributed by atoms with Crippen LogP contribution in [0.4, 0.5) is 0 Å². The normalized spacial score (nSPS) is 16.2. The van der Waals surface area contributed by atoms with Crippen LogP contribution in [0.25, 0.3) is 0 Å². The summed E-state index contributed by atoms with van der Waals surface area (Å²) in [7, 11) is 1.74. The van der Waals surface area contributed by atoms with Crippen molar-refractivity contribution in [1.82, 2.24) is 0 Å². The molecule has 2 heteroatoms. The predicted octanol–water partition coefficient (Wildman–Crippen LogP) is 4.47. The zero-order valence-electron chi connectivity index (χ0n) is 12.8. The molecule has 108 valence electrons. The summed E-state index contributed by atoms with van der Waals surface area (Å²) in [5.41, 5.74) is 0. The van der Waals surface area contributed by atoms with Crippen molar-refractivity contribution in [2.24, 2.45) is 17.8 Å². The van der Waals surface area contributed by atoms with Gasteiger partial charge in [0.15, 0.2) is 0 Å². The Balaban J connectivity index is 4.55. The lowest BCUT2D eigenvalue weighted by atomic mass is 9.77. The van der Waals surface area contributed by atoms with E-state index in [1.54, 1.807) is 7.11 Å². The molecule has 0 aliphatic carbocycles. The topological polar surface area (TPSA) is 26.3 Å². The Morgan fingerprint density at radius 3 is 1.94 bits per heavy atom. The maximum Gasteiger partial charge on any atom is 0.123 e. The molecule has 0 aliphatic rings. The number of carbonyl (C=O) groups excluding carboxylic acids is 1. The van der Waals surface area contributed by atoms with Gasteiger partial charge in [0.05, 0.1) is 0 Å². The molecule has 0 N–H and O–H groups in total. The van der Waals surface area contributed by atoms with Crippen LogP contribution in [0.5, 0.6) is 0 Å². The van der Waals surface area contributed by atoms with E-state index in [-0.39, 0.29) is 5.92 Å². The second-order valence-corrected chi connectivity index (χ2v) is 5.38. The Labute approximate surface area is 113 Å². The van der Waals surface area contributed by atoms with Gasteiger partial charge in [-0.2, -0.15) is 0 Å². The Morgan fingerprint density at radius 2 is 1.56 bits per heavy atom. The van der Waals surface area contributed by atoms with Crippen LogP contribution in [-0.2, 0) is 9.53 Å². The molecule has 3 unspecified atom stereocenters. The predicted molar refractivity (Wildman–Crippen MR) is 77.8 cm³/mol. The quantitative estimate of drug-likeness (QED) is 0.482. The molecule has 0 aliphatic heterocycles. The molecule has 0 fully saturated rings. The van der Waals surface area contributed by atoms with Gasteiger partial charge in [-0.15, -0.1) is 0 Å². The summed E-state index contributed by atoms with van der Waals surface area (Å²) in [6.45, 7) is 7.35. The lowest BCUT2D eigenvalue weighted by Crippen LogP contribution is -2.28. The van der Waals surface area contributed by atoms with E-state index in [9.17, 15) is 4.79 Å². The van der Waals surface area contributed by atoms with Gasteiger partial charge < -0.3 is 9.53 Å². The highest BCUT2D eigenvalue weighted by molar-refractivity contribution is 5.54. The highest BCUT2D eigenvalue weighted by atomic mass is 16.5. The van der Waals surface area contributed by atoms with E-state index in [1.807, 2.05) is 0 Å². The molecule has 0 amide bonds. The van der Waals surface area contributed by atoms with Crippen molar-refractivity contribution in [3.05, 3.63) is 0 Å². The van der Waals surface area contributed by atoms with E-state index in [0.717, 1.165) is 19.4 Å². The van der Waals surface area contributed by atoms with Crippen molar-refractivity contribution in [3.63, 3.8) is 0 Å². The van der Waals surface area contributed by atoms with Gasteiger partial charge in [0, 0.05) is 19.6 Å². The third-order valence-electron chi connectivity index (χ3n) is 4.01. The van der Waals surface area contributed by atoms with E-state index in [2.05, 4.69) is 20.8 Å².